The summed E-state index contributed by atoms with van der Waals surface area (Å²) in [7, 11) is 0. The Labute approximate surface area is 143 Å². The van der Waals surface area contributed by atoms with Gasteiger partial charge >= 0.3 is 0 Å². The third-order valence-electron chi connectivity index (χ3n) is 4.03. The van der Waals surface area contributed by atoms with E-state index < -0.39 is 0 Å². The number of likely N-dealkylation sites (tertiary alicyclic amines) is 1. The van der Waals surface area contributed by atoms with Crippen LogP contribution >= 0.6 is 11.3 Å². The topological polar surface area (TPSA) is 68.5 Å². The minimum absolute atomic E-state index is 0.145. The highest BCUT2D eigenvalue weighted by Crippen LogP contribution is 2.24. The van der Waals surface area contributed by atoms with Crippen molar-refractivity contribution in [2.24, 2.45) is 11.7 Å². The van der Waals surface area contributed by atoms with E-state index in [0.29, 0.717) is 12.5 Å². The number of carbonyl (C=O) groups is 1. The molecule has 1 saturated heterocycles. The van der Waals surface area contributed by atoms with E-state index >= 15 is 0 Å². The molecule has 2 rings (SSSR count). The van der Waals surface area contributed by atoms with Crippen LogP contribution in [0, 0.1) is 12.8 Å². The predicted octanol–water partition coefficient (Wildman–Crippen LogP) is 2.62. The van der Waals surface area contributed by atoms with Gasteiger partial charge in [-0.1, -0.05) is 13.8 Å². The van der Waals surface area contributed by atoms with Crippen molar-refractivity contribution in [2.45, 2.75) is 52.6 Å². The van der Waals surface area contributed by atoms with Crippen LogP contribution in [0.15, 0.2) is 0 Å². The molecule has 1 amide bonds. The minimum atomic E-state index is 0.145. The van der Waals surface area contributed by atoms with Crippen LogP contribution in [0.1, 0.15) is 53.5 Å². The number of nitrogens with zero attached hydrogens (tertiary/aromatic N) is 2. The summed E-state index contributed by atoms with van der Waals surface area (Å²) in [5, 5.41) is 0.976. The molecule has 6 heteroatoms. The maximum atomic E-state index is 12.8. The SMILES string of the molecule is Cc1nc(CC(C)C)c(C(=O)N2CCC(OCCCN)CC2)s1. The second-order valence-electron chi connectivity index (χ2n) is 6.61. The fourth-order valence-corrected chi connectivity index (χ4v) is 3.78. The number of amides is 1. The van der Waals surface area contributed by atoms with Crippen LogP contribution in [0.5, 0.6) is 0 Å². The maximum absolute atomic E-state index is 12.8. The van der Waals surface area contributed by atoms with E-state index in [1.807, 2.05) is 11.8 Å². The highest BCUT2D eigenvalue weighted by atomic mass is 32.1. The number of ether oxygens (including phenoxy) is 1. The van der Waals surface area contributed by atoms with Crippen molar-refractivity contribution >= 4 is 17.2 Å². The molecule has 1 aliphatic rings. The van der Waals surface area contributed by atoms with Crippen LogP contribution in [0.3, 0.4) is 0 Å². The molecular formula is C17H29N3O2S. The highest BCUT2D eigenvalue weighted by molar-refractivity contribution is 7.13. The Bertz CT molecular complexity index is 508. The molecule has 2 N–H and O–H groups in total. The standard InChI is InChI=1S/C17H29N3O2S/c1-12(2)11-15-16(23-13(3)19-15)17(21)20-8-5-14(6-9-20)22-10-4-7-18/h12,14H,4-11,18H2,1-3H3. The number of aromatic nitrogens is 1. The monoisotopic (exact) mass is 339 g/mol. The summed E-state index contributed by atoms with van der Waals surface area (Å²) in [5.74, 6) is 0.649. The van der Waals surface area contributed by atoms with Gasteiger partial charge in [0.1, 0.15) is 4.88 Å². The number of aryl methyl sites for hydroxylation is 1. The van der Waals surface area contributed by atoms with Crippen LogP contribution in [-0.4, -0.2) is 48.1 Å². The smallest absolute Gasteiger partial charge is 0.265 e. The molecule has 0 bridgehead atoms. The van der Waals surface area contributed by atoms with E-state index in [1.54, 1.807) is 0 Å². The van der Waals surface area contributed by atoms with Gasteiger partial charge in [-0.25, -0.2) is 4.98 Å². The van der Waals surface area contributed by atoms with Crippen molar-refractivity contribution in [2.75, 3.05) is 26.2 Å². The van der Waals surface area contributed by atoms with E-state index in [2.05, 4.69) is 18.8 Å². The fraction of sp³-hybridized carbons (Fsp3) is 0.765. The Balaban J connectivity index is 1.92. The second kappa shape index (κ2) is 8.76. The minimum Gasteiger partial charge on any atom is -0.378 e. The molecule has 0 unspecified atom stereocenters. The van der Waals surface area contributed by atoms with E-state index in [9.17, 15) is 4.79 Å². The molecular weight excluding hydrogens is 310 g/mol. The predicted molar refractivity (Wildman–Crippen MR) is 93.9 cm³/mol. The first-order chi connectivity index (χ1) is 11.0. The lowest BCUT2D eigenvalue weighted by molar-refractivity contribution is 0.00854. The Morgan fingerprint density at radius 1 is 1.43 bits per heavy atom. The normalized spacial score (nSPS) is 16.3. The first kappa shape index (κ1) is 18.4. The maximum Gasteiger partial charge on any atom is 0.265 e. The molecule has 0 aliphatic carbocycles. The summed E-state index contributed by atoms with van der Waals surface area (Å²) in [6.07, 6.45) is 3.85. The van der Waals surface area contributed by atoms with Crippen molar-refractivity contribution in [3.8, 4) is 0 Å². The van der Waals surface area contributed by atoms with Gasteiger partial charge in [0, 0.05) is 19.7 Å². The number of piperidine rings is 1. The van der Waals surface area contributed by atoms with Crippen LogP contribution in [0.25, 0.3) is 0 Å². The van der Waals surface area contributed by atoms with Gasteiger partial charge in [-0.2, -0.15) is 0 Å². The van der Waals surface area contributed by atoms with Crippen molar-refractivity contribution in [1.82, 2.24) is 9.88 Å². The van der Waals surface area contributed by atoms with Crippen molar-refractivity contribution in [3.05, 3.63) is 15.6 Å². The lowest BCUT2D eigenvalue weighted by Crippen LogP contribution is -2.41. The lowest BCUT2D eigenvalue weighted by atomic mass is 10.1. The van der Waals surface area contributed by atoms with Gasteiger partial charge in [-0.05, 0) is 45.1 Å². The van der Waals surface area contributed by atoms with Crippen LogP contribution in [0.2, 0.25) is 0 Å². The van der Waals surface area contributed by atoms with Gasteiger partial charge in [0.25, 0.3) is 5.91 Å². The molecule has 0 saturated carbocycles. The average molecular weight is 340 g/mol. The van der Waals surface area contributed by atoms with Crippen LogP contribution in [-0.2, 0) is 11.2 Å². The number of hydrogen-bond acceptors (Lipinski definition) is 5. The van der Waals surface area contributed by atoms with Crippen LogP contribution < -0.4 is 5.73 Å². The summed E-state index contributed by atoms with van der Waals surface area (Å²) < 4.78 is 5.81. The zero-order chi connectivity index (χ0) is 16.8. The van der Waals surface area contributed by atoms with E-state index in [0.717, 1.165) is 61.0 Å². The Hall–Kier alpha value is -0.980. The molecule has 1 fully saturated rings. The molecule has 0 aromatic carbocycles. The molecule has 2 heterocycles. The fourth-order valence-electron chi connectivity index (χ4n) is 2.86. The lowest BCUT2D eigenvalue weighted by Gasteiger charge is -2.31. The molecule has 1 aliphatic heterocycles. The quantitative estimate of drug-likeness (QED) is 0.775. The second-order valence-corrected chi connectivity index (χ2v) is 7.81. The van der Waals surface area contributed by atoms with Gasteiger partial charge in [-0.3, -0.25) is 4.79 Å². The molecule has 1 aromatic heterocycles. The number of hydrogen-bond donors (Lipinski definition) is 1. The number of carbonyl (C=O) groups excluding carboxylic acids is 1. The largest absolute Gasteiger partial charge is 0.378 e. The number of rotatable bonds is 7. The number of nitrogens with two attached hydrogens (primary N) is 1. The van der Waals surface area contributed by atoms with Gasteiger partial charge in [0.15, 0.2) is 0 Å². The zero-order valence-electron chi connectivity index (χ0n) is 14.5. The van der Waals surface area contributed by atoms with Gasteiger partial charge in [-0.15, -0.1) is 11.3 Å². The Morgan fingerprint density at radius 2 is 2.13 bits per heavy atom. The molecule has 0 spiro atoms. The molecule has 1 aromatic rings. The highest BCUT2D eigenvalue weighted by Gasteiger charge is 2.27. The third kappa shape index (κ3) is 5.26. The summed E-state index contributed by atoms with van der Waals surface area (Å²) in [5.41, 5.74) is 6.45. The zero-order valence-corrected chi connectivity index (χ0v) is 15.3. The summed E-state index contributed by atoms with van der Waals surface area (Å²) in [6.45, 7) is 9.22. The first-order valence-corrected chi connectivity index (χ1v) is 9.40. The molecule has 130 valence electrons. The Morgan fingerprint density at radius 3 is 2.74 bits per heavy atom. The van der Waals surface area contributed by atoms with E-state index in [1.165, 1.54) is 11.3 Å². The summed E-state index contributed by atoms with van der Waals surface area (Å²) in [6, 6.07) is 0. The average Bonchev–Trinajstić information content (AvgIpc) is 2.87. The third-order valence-corrected chi connectivity index (χ3v) is 5.03. The molecule has 0 radical (unpaired) electrons. The Kier molecular flexibility index (Phi) is 6.99. The van der Waals surface area contributed by atoms with E-state index in [-0.39, 0.29) is 12.0 Å². The summed E-state index contributed by atoms with van der Waals surface area (Å²) in [4.78, 5) is 20.2. The molecule has 0 atom stereocenters. The van der Waals surface area contributed by atoms with Crippen molar-refractivity contribution < 1.29 is 9.53 Å². The van der Waals surface area contributed by atoms with Crippen molar-refractivity contribution in [3.63, 3.8) is 0 Å². The van der Waals surface area contributed by atoms with Crippen LogP contribution in [0.4, 0.5) is 0 Å². The van der Waals surface area contributed by atoms with E-state index in [4.69, 9.17) is 10.5 Å². The molecule has 5 nitrogen and oxygen atoms in total. The summed E-state index contributed by atoms with van der Waals surface area (Å²) >= 11 is 1.53. The van der Waals surface area contributed by atoms with Gasteiger partial charge in [0.2, 0.25) is 0 Å². The van der Waals surface area contributed by atoms with Gasteiger partial charge in [0.05, 0.1) is 16.8 Å². The number of thiazole rings is 1. The molecule has 23 heavy (non-hydrogen) atoms. The first-order valence-electron chi connectivity index (χ1n) is 8.58. The van der Waals surface area contributed by atoms with Crippen molar-refractivity contribution in [1.29, 1.82) is 0 Å². The van der Waals surface area contributed by atoms with Gasteiger partial charge < -0.3 is 15.4 Å².